The first-order valence-electron chi connectivity index (χ1n) is 8.69. The monoisotopic (exact) mass is 336 g/mol. The Labute approximate surface area is 145 Å². The average molecular weight is 336 g/mol. The fourth-order valence-electron chi connectivity index (χ4n) is 3.50. The summed E-state index contributed by atoms with van der Waals surface area (Å²) in [5, 5.41) is 14.3. The highest BCUT2D eigenvalue weighted by Crippen LogP contribution is 2.33. The molecule has 5 heteroatoms. The molecule has 25 heavy (non-hydrogen) atoms. The van der Waals surface area contributed by atoms with Gasteiger partial charge in [0.1, 0.15) is 11.3 Å². The number of hydrogen-bond acceptors (Lipinski definition) is 4. The lowest BCUT2D eigenvalue weighted by atomic mass is 9.95. The van der Waals surface area contributed by atoms with E-state index in [1.165, 1.54) is 12.5 Å². The van der Waals surface area contributed by atoms with E-state index in [9.17, 15) is 9.90 Å². The molecule has 128 valence electrons. The number of fused-ring (bicyclic) bond motifs is 1. The van der Waals surface area contributed by atoms with E-state index in [0.717, 1.165) is 31.1 Å². The van der Waals surface area contributed by atoms with E-state index in [-0.39, 0.29) is 17.7 Å². The summed E-state index contributed by atoms with van der Waals surface area (Å²) in [4.78, 5) is 16.8. The van der Waals surface area contributed by atoms with Gasteiger partial charge in [-0.1, -0.05) is 19.3 Å². The minimum Gasteiger partial charge on any atom is -0.507 e. The molecule has 0 unspecified atom stereocenters. The number of aromatic nitrogens is 1. The Morgan fingerprint density at radius 3 is 2.80 bits per heavy atom. The molecule has 0 radical (unpaired) electrons. The van der Waals surface area contributed by atoms with Gasteiger partial charge in [-0.05, 0) is 43.2 Å². The molecule has 0 atom stereocenters. The lowest BCUT2D eigenvalue weighted by Gasteiger charge is -2.22. The molecule has 4 rings (SSSR count). The summed E-state index contributed by atoms with van der Waals surface area (Å²) in [6, 6.07) is 8.81. The van der Waals surface area contributed by atoms with E-state index in [0.29, 0.717) is 22.4 Å². The van der Waals surface area contributed by atoms with Crippen molar-refractivity contribution in [2.24, 2.45) is 0 Å². The first-order valence-corrected chi connectivity index (χ1v) is 8.69. The Balaban J connectivity index is 1.60. The van der Waals surface area contributed by atoms with Gasteiger partial charge in [0.05, 0.1) is 12.0 Å². The third-order valence-corrected chi connectivity index (χ3v) is 4.84. The van der Waals surface area contributed by atoms with Crippen molar-refractivity contribution in [3.8, 4) is 17.0 Å². The molecule has 2 heterocycles. The van der Waals surface area contributed by atoms with Gasteiger partial charge in [0.25, 0.3) is 5.91 Å². The summed E-state index contributed by atoms with van der Waals surface area (Å²) in [7, 11) is 0. The summed E-state index contributed by atoms with van der Waals surface area (Å²) in [6.07, 6.45) is 8.87. The molecule has 1 fully saturated rings. The topological polar surface area (TPSA) is 75.4 Å². The predicted molar refractivity (Wildman–Crippen MR) is 95.4 cm³/mol. The van der Waals surface area contributed by atoms with Crippen LogP contribution in [0.1, 0.15) is 42.5 Å². The number of phenolic OH excluding ortho intramolecular Hbond substituents is 1. The second kappa shape index (κ2) is 6.59. The zero-order valence-corrected chi connectivity index (χ0v) is 13.9. The smallest absolute Gasteiger partial charge is 0.251 e. The molecule has 3 aromatic rings. The van der Waals surface area contributed by atoms with Crippen LogP contribution in [0.2, 0.25) is 0 Å². The van der Waals surface area contributed by atoms with E-state index >= 15 is 0 Å². The summed E-state index contributed by atoms with van der Waals surface area (Å²) >= 11 is 0. The molecule has 0 spiro atoms. The highest BCUT2D eigenvalue weighted by atomic mass is 16.3. The van der Waals surface area contributed by atoms with Gasteiger partial charge in [-0.3, -0.25) is 9.78 Å². The minimum absolute atomic E-state index is 0.0393. The fraction of sp³-hybridized carbons (Fsp3) is 0.300. The van der Waals surface area contributed by atoms with Gasteiger partial charge in [-0.25, -0.2) is 0 Å². The molecule has 2 N–H and O–H groups in total. The third-order valence-electron chi connectivity index (χ3n) is 4.84. The molecule has 1 saturated carbocycles. The SMILES string of the molecule is O=C(NC1CCCCC1)c1ccc(-c2nccc3occc23)c(O)c1. The van der Waals surface area contributed by atoms with Gasteiger partial charge in [0, 0.05) is 28.8 Å². The first kappa shape index (κ1) is 15.7. The van der Waals surface area contributed by atoms with Crippen LogP contribution >= 0.6 is 0 Å². The molecule has 0 aliphatic heterocycles. The Morgan fingerprint density at radius 2 is 2.00 bits per heavy atom. The predicted octanol–water partition coefficient (Wildman–Crippen LogP) is 4.26. The van der Waals surface area contributed by atoms with E-state index < -0.39 is 0 Å². The van der Waals surface area contributed by atoms with E-state index in [1.54, 1.807) is 30.7 Å². The minimum atomic E-state index is -0.136. The maximum Gasteiger partial charge on any atom is 0.251 e. The molecule has 1 amide bonds. The van der Waals surface area contributed by atoms with Crippen molar-refractivity contribution < 1.29 is 14.3 Å². The molecular formula is C20H20N2O3. The maximum atomic E-state index is 12.4. The van der Waals surface area contributed by atoms with Crippen LogP contribution in [0.15, 0.2) is 47.2 Å². The summed E-state index contributed by atoms with van der Waals surface area (Å²) in [6.45, 7) is 0. The van der Waals surface area contributed by atoms with E-state index in [4.69, 9.17) is 4.42 Å². The van der Waals surface area contributed by atoms with Crippen molar-refractivity contribution in [2.75, 3.05) is 0 Å². The number of nitrogens with one attached hydrogen (secondary N) is 1. The van der Waals surface area contributed by atoms with Crippen molar-refractivity contribution in [3.05, 3.63) is 48.4 Å². The first-order chi connectivity index (χ1) is 12.2. The average Bonchev–Trinajstić information content (AvgIpc) is 3.11. The Bertz CT molecular complexity index is 910. The number of furan rings is 1. The summed E-state index contributed by atoms with van der Waals surface area (Å²) in [5.41, 5.74) is 2.40. The molecule has 0 saturated heterocycles. The molecule has 1 aliphatic carbocycles. The molecular weight excluding hydrogens is 316 g/mol. The van der Waals surface area contributed by atoms with E-state index in [2.05, 4.69) is 10.3 Å². The second-order valence-electron chi connectivity index (χ2n) is 6.53. The van der Waals surface area contributed by atoms with Gasteiger partial charge in [0.15, 0.2) is 0 Å². The molecule has 1 aromatic carbocycles. The number of rotatable bonds is 3. The lowest BCUT2D eigenvalue weighted by molar-refractivity contribution is 0.0927. The Hall–Kier alpha value is -2.82. The van der Waals surface area contributed by atoms with Crippen LogP contribution < -0.4 is 5.32 Å². The van der Waals surface area contributed by atoms with Crippen LogP contribution in [0.3, 0.4) is 0 Å². The quantitative estimate of drug-likeness (QED) is 0.749. The van der Waals surface area contributed by atoms with Gasteiger partial charge >= 0.3 is 0 Å². The van der Waals surface area contributed by atoms with Crippen molar-refractivity contribution in [1.29, 1.82) is 0 Å². The zero-order valence-electron chi connectivity index (χ0n) is 13.9. The standard InChI is InChI=1S/C20H20N2O3/c23-17-12-13(20(24)22-14-4-2-1-3-5-14)6-7-15(17)19-16-9-11-25-18(16)8-10-21-19/h6-12,14,23H,1-5H2,(H,22,24). The number of phenols is 1. The number of aromatic hydroxyl groups is 1. The number of carbonyl (C=O) groups is 1. The molecule has 1 aliphatic rings. The van der Waals surface area contributed by atoms with Crippen molar-refractivity contribution in [3.63, 3.8) is 0 Å². The van der Waals surface area contributed by atoms with Gasteiger partial charge in [-0.2, -0.15) is 0 Å². The number of carbonyl (C=O) groups excluding carboxylic acids is 1. The van der Waals surface area contributed by atoms with Gasteiger partial charge < -0.3 is 14.8 Å². The normalized spacial score (nSPS) is 15.4. The Kier molecular flexibility index (Phi) is 4.14. The molecule has 5 nitrogen and oxygen atoms in total. The van der Waals surface area contributed by atoms with E-state index in [1.807, 2.05) is 6.07 Å². The summed E-state index contributed by atoms with van der Waals surface area (Å²) < 4.78 is 5.38. The molecule has 2 aromatic heterocycles. The number of hydrogen-bond donors (Lipinski definition) is 2. The Morgan fingerprint density at radius 1 is 1.16 bits per heavy atom. The van der Waals surface area contributed by atoms with Crippen LogP contribution in [0.4, 0.5) is 0 Å². The lowest BCUT2D eigenvalue weighted by Crippen LogP contribution is -2.36. The van der Waals surface area contributed by atoms with Crippen molar-refractivity contribution in [2.45, 2.75) is 38.1 Å². The summed E-state index contributed by atoms with van der Waals surface area (Å²) in [5.74, 6) is -0.0966. The van der Waals surface area contributed by atoms with Crippen LogP contribution in [0.5, 0.6) is 5.75 Å². The largest absolute Gasteiger partial charge is 0.507 e. The van der Waals surface area contributed by atoms with Crippen LogP contribution in [-0.2, 0) is 0 Å². The fourth-order valence-corrected chi connectivity index (χ4v) is 3.50. The number of pyridine rings is 1. The highest BCUT2D eigenvalue weighted by Gasteiger charge is 2.18. The van der Waals surface area contributed by atoms with Gasteiger partial charge in [-0.15, -0.1) is 0 Å². The van der Waals surface area contributed by atoms with Gasteiger partial charge in [0.2, 0.25) is 0 Å². The van der Waals surface area contributed by atoms with Crippen LogP contribution in [-0.4, -0.2) is 22.0 Å². The highest BCUT2D eigenvalue weighted by molar-refractivity contribution is 5.97. The number of amides is 1. The maximum absolute atomic E-state index is 12.4. The van der Waals surface area contributed by atoms with Crippen LogP contribution in [0, 0.1) is 0 Å². The number of nitrogens with zero attached hydrogens (tertiary/aromatic N) is 1. The van der Waals surface area contributed by atoms with Crippen molar-refractivity contribution in [1.82, 2.24) is 10.3 Å². The third kappa shape index (κ3) is 3.09. The zero-order chi connectivity index (χ0) is 17.2. The van der Waals surface area contributed by atoms with Crippen LogP contribution in [0.25, 0.3) is 22.2 Å². The number of benzene rings is 1. The second-order valence-corrected chi connectivity index (χ2v) is 6.53. The molecule has 0 bridgehead atoms. The van der Waals surface area contributed by atoms with Crippen molar-refractivity contribution >= 4 is 16.9 Å².